The van der Waals surface area contributed by atoms with E-state index in [9.17, 15) is 0 Å². The van der Waals surface area contributed by atoms with Gasteiger partial charge in [-0.15, -0.1) is 0 Å². The Balaban J connectivity index is 1.42. The molecule has 124 valence electrons. The molecule has 4 heterocycles. The van der Waals surface area contributed by atoms with E-state index in [-0.39, 0.29) is 6.04 Å². The van der Waals surface area contributed by atoms with Gasteiger partial charge in [-0.3, -0.25) is 9.88 Å². The molecule has 3 aromatic heterocycles. The third-order valence-electron chi connectivity index (χ3n) is 4.71. The van der Waals surface area contributed by atoms with E-state index in [1.807, 2.05) is 30.9 Å². The lowest BCUT2D eigenvalue weighted by Crippen LogP contribution is -2.36. The summed E-state index contributed by atoms with van der Waals surface area (Å²) in [5, 5.41) is 4.09. The third kappa shape index (κ3) is 2.94. The maximum Gasteiger partial charge on any atom is 0.244 e. The first-order valence-electron chi connectivity index (χ1n) is 8.27. The summed E-state index contributed by atoms with van der Waals surface area (Å²) in [5.41, 5.74) is 0.874. The van der Waals surface area contributed by atoms with Crippen molar-refractivity contribution in [2.45, 2.75) is 31.8 Å². The normalized spacial score (nSPS) is 17.9. The lowest BCUT2D eigenvalue weighted by atomic mass is 10.0. The van der Waals surface area contributed by atoms with Crippen molar-refractivity contribution >= 4 is 0 Å². The second-order valence-corrected chi connectivity index (χ2v) is 6.15. The molecule has 0 amide bonds. The maximum atomic E-state index is 5.49. The average Bonchev–Trinajstić information content (AvgIpc) is 3.34. The average molecular weight is 324 g/mol. The molecule has 1 fully saturated rings. The quantitative estimate of drug-likeness (QED) is 0.735. The Bertz CT molecular complexity index is 762. The summed E-state index contributed by atoms with van der Waals surface area (Å²) in [4.78, 5) is 15.2. The Morgan fingerprint density at radius 2 is 2.08 bits per heavy atom. The maximum absolute atomic E-state index is 5.49. The molecule has 7 nitrogen and oxygen atoms in total. The number of nitrogens with zero attached hydrogens (tertiary/aromatic N) is 6. The molecule has 7 heteroatoms. The molecule has 0 unspecified atom stereocenters. The van der Waals surface area contributed by atoms with Gasteiger partial charge in [-0.2, -0.15) is 4.98 Å². The molecule has 0 aromatic carbocycles. The molecule has 24 heavy (non-hydrogen) atoms. The zero-order valence-electron chi connectivity index (χ0n) is 13.6. The van der Waals surface area contributed by atoms with Gasteiger partial charge < -0.3 is 9.09 Å². The summed E-state index contributed by atoms with van der Waals surface area (Å²) in [5.74, 6) is 1.26. The largest absolute Gasteiger partial charge is 0.337 e. The molecule has 1 aliphatic rings. The number of likely N-dealkylation sites (tertiary alicyclic amines) is 1. The van der Waals surface area contributed by atoms with Crippen LogP contribution < -0.4 is 0 Å². The van der Waals surface area contributed by atoms with Crippen LogP contribution in [0.5, 0.6) is 0 Å². The Morgan fingerprint density at radius 3 is 2.79 bits per heavy atom. The topological polar surface area (TPSA) is 72.9 Å². The highest BCUT2D eigenvalue weighted by Gasteiger charge is 2.27. The van der Waals surface area contributed by atoms with Gasteiger partial charge in [0.05, 0.1) is 12.4 Å². The minimum Gasteiger partial charge on any atom is -0.337 e. The summed E-state index contributed by atoms with van der Waals surface area (Å²) >= 11 is 0. The number of hydrogen-bond acceptors (Lipinski definition) is 6. The summed E-state index contributed by atoms with van der Waals surface area (Å²) in [6, 6.07) is 4.45. The highest BCUT2D eigenvalue weighted by molar-refractivity contribution is 5.51. The molecule has 3 aromatic rings. The predicted octanol–water partition coefficient (Wildman–Crippen LogP) is 2.73. The van der Waals surface area contributed by atoms with Crippen LogP contribution in [0.25, 0.3) is 11.4 Å². The van der Waals surface area contributed by atoms with Crippen molar-refractivity contribution in [2.75, 3.05) is 13.1 Å². The van der Waals surface area contributed by atoms with Gasteiger partial charge >= 0.3 is 0 Å². The van der Waals surface area contributed by atoms with Crippen LogP contribution >= 0.6 is 0 Å². The standard InChI is InChI=1S/C17H20N6O/c1-13(17-20-16(21-24-17)14-3-2-6-18-11-14)22-8-4-15(5-9-22)23-10-7-19-12-23/h2-3,6-7,10-13,15H,4-5,8-9H2,1H3/t13-/m0/s1. The van der Waals surface area contributed by atoms with E-state index in [1.165, 1.54) is 0 Å². The lowest BCUT2D eigenvalue weighted by Gasteiger charge is -2.34. The molecule has 4 rings (SSSR count). The molecule has 0 radical (unpaired) electrons. The van der Waals surface area contributed by atoms with E-state index in [4.69, 9.17) is 4.52 Å². The molecule has 1 atom stereocenters. The highest BCUT2D eigenvalue weighted by Crippen LogP contribution is 2.29. The van der Waals surface area contributed by atoms with Crippen LogP contribution in [0.4, 0.5) is 0 Å². The number of pyridine rings is 1. The van der Waals surface area contributed by atoms with Crippen LogP contribution in [-0.2, 0) is 0 Å². The molecule has 0 aliphatic carbocycles. The Morgan fingerprint density at radius 1 is 1.21 bits per heavy atom. The predicted molar refractivity (Wildman–Crippen MR) is 88.0 cm³/mol. The van der Waals surface area contributed by atoms with E-state index in [2.05, 4.69) is 36.5 Å². The van der Waals surface area contributed by atoms with Gasteiger partial charge in [-0.1, -0.05) is 5.16 Å². The minimum atomic E-state index is 0.117. The molecule has 1 saturated heterocycles. The summed E-state index contributed by atoms with van der Waals surface area (Å²) in [6.07, 6.45) is 11.5. The number of piperidine rings is 1. The Hall–Kier alpha value is -2.54. The summed E-state index contributed by atoms with van der Waals surface area (Å²) in [6.45, 7) is 4.14. The van der Waals surface area contributed by atoms with Crippen LogP contribution in [0.3, 0.4) is 0 Å². The number of aromatic nitrogens is 5. The van der Waals surface area contributed by atoms with E-state index in [0.29, 0.717) is 17.8 Å². The smallest absolute Gasteiger partial charge is 0.244 e. The van der Waals surface area contributed by atoms with E-state index >= 15 is 0 Å². The first-order chi connectivity index (χ1) is 11.8. The van der Waals surface area contributed by atoms with Gasteiger partial charge in [0.2, 0.25) is 11.7 Å². The SMILES string of the molecule is C[C@@H](c1nc(-c2cccnc2)no1)N1CCC(n2ccnc2)CC1. The summed E-state index contributed by atoms with van der Waals surface area (Å²) in [7, 11) is 0. The van der Waals surface area contributed by atoms with Gasteiger partial charge in [0.15, 0.2) is 0 Å². The minimum absolute atomic E-state index is 0.117. The second kappa shape index (κ2) is 6.52. The molecular formula is C17H20N6O. The molecule has 1 aliphatic heterocycles. The third-order valence-corrected chi connectivity index (χ3v) is 4.71. The van der Waals surface area contributed by atoms with Gasteiger partial charge in [-0.25, -0.2) is 4.98 Å². The zero-order valence-corrected chi connectivity index (χ0v) is 13.6. The fraction of sp³-hybridized carbons (Fsp3) is 0.412. The first kappa shape index (κ1) is 15.0. The number of rotatable bonds is 4. The zero-order chi connectivity index (χ0) is 16.4. The molecule has 0 bridgehead atoms. The van der Waals surface area contributed by atoms with Crippen LogP contribution in [0, 0.1) is 0 Å². The van der Waals surface area contributed by atoms with E-state index < -0.39 is 0 Å². The fourth-order valence-corrected chi connectivity index (χ4v) is 3.23. The van der Waals surface area contributed by atoms with Gasteiger partial charge in [0.1, 0.15) is 0 Å². The van der Waals surface area contributed by atoms with E-state index in [0.717, 1.165) is 31.5 Å². The van der Waals surface area contributed by atoms with Crippen molar-refractivity contribution in [3.63, 3.8) is 0 Å². The van der Waals surface area contributed by atoms with E-state index in [1.54, 1.807) is 12.4 Å². The Kier molecular flexibility index (Phi) is 4.08. The molecular weight excluding hydrogens is 304 g/mol. The van der Waals surface area contributed by atoms with Gasteiger partial charge in [0.25, 0.3) is 0 Å². The highest BCUT2D eigenvalue weighted by atomic mass is 16.5. The van der Waals surface area contributed by atoms with Crippen molar-refractivity contribution in [2.24, 2.45) is 0 Å². The van der Waals surface area contributed by atoms with Crippen molar-refractivity contribution in [3.8, 4) is 11.4 Å². The lowest BCUT2D eigenvalue weighted by molar-refractivity contribution is 0.122. The van der Waals surface area contributed by atoms with Crippen molar-refractivity contribution < 1.29 is 4.52 Å². The van der Waals surface area contributed by atoms with Crippen LogP contribution in [-0.4, -0.2) is 42.7 Å². The monoisotopic (exact) mass is 324 g/mol. The van der Waals surface area contributed by atoms with Crippen molar-refractivity contribution in [3.05, 3.63) is 49.1 Å². The molecule has 0 N–H and O–H groups in total. The van der Waals surface area contributed by atoms with Crippen LogP contribution in [0.2, 0.25) is 0 Å². The van der Waals surface area contributed by atoms with Crippen molar-refractivity contribution in [1.29, 1.82) is 0 Å². The van der Waals surface area contributed by atoms with Gasteiger partial charge in [-0.05, 0) is 31.9 Å². The Labute approximate surface area is 140 Å². The second-order valence-electron chi connectivity index (χ2n) is 6.15. The number of imidazole rings is 1. The fourth-order valence-electron chi connectivity index (χ4n) is 3.23. The van der Waals surface area contributed by atoms with Crippen LogP contribution in [0.1, 0.15) is 37.7 Å². The molecule has 0 saturated carbocycles. The summed E-state index contributed by atoms with van der Waals surface area (Å²) < 4.78 is 7.69. The van der Waals surface area contributed by atoms with Gasteiger partial charge in [0, 0.05) is 49.5 Å². The van der Waals surface area contributed by atoms with Crippen LogP contribution in [0.15, 0.2) is 47.8 Å². The van der Waals surface area contributed by atoms with Crippen molar-refractivity contribution in [1.82, 2.24) is 29.6 Å². The first-order valence-corrected chi connectivity index (χ1v) is 8.27. The number of hydrogen-bond donors (Lipinski definition) is 0. The molecule has 0 spiro atoms.